The van der Waals surface area contributed by atoms with Gasteiger partial charge in [-0.2, -0.15) is 0 Å². The highest BCUT2D eigenvalue weighted by Crippen LogP contribution is 2.38. The topological polar surface area (TPSA) is 0 Å². The lowest BCUT2D eigenvalue weighted by Crippen LogP contribution is -1.39. The summed E-state index contributed by atoms with van der Waals surface area (Å²) in [5, 5.41) is 0. The molecule has 0 radical (unpaired) electrons. The lowest BCUT2D eigenvalue weighted by atomic mass is 11.9. The highest BCUT2D eigenvalue weighted by molar-refractivity contribution is 8.19. The van der Waals surface area contributed by atoms with E-state index in [0.717, 1.165) is 0 Å². The Hall–Kier alpha value is 0.600. The van der Waals surface area contributed by atoms with E-state index in [-0.39, 0.29) is 7.61 Å². The van der Waals surface area contributed by atoms with Crippen LogP contribution >= 0.6 is 15.5 Å². The molecule has 30 valence electrons. The maximum absolute atomic E-state index is 3.69. The second-order valence-electron chi connectivity index (χ2n) is 0.989. The van der Waals surface area contributed by atoms with E-state index in [0.29, 0.717) is 0 Å². The molecule has 0 spiro atoms. The van der Waals surface area contributed by atoms with Crippen LogP contribution in [0.5, 0.6) is 0 Å². The van der Waals surface area contributed by atoms with Crippen molar-refractivity contribution in [2.45, 2.75) is 0 Å². The Kier molecular flexibility index (Phi) is 3.16. The average molecular weight is 106 g/mol. The molecule has 0 nitrogen and oxygen atoms in total. The molecule has 0 saturated heterocycles. The second kappa shape index (κ2) is 2.82. The summed E-state index contributed by atoms with van der Waals surface area (Å²) in [5.74, 6) is 0. The third-order valence-electron chi connectivity index (χ3n) is 0.283. The Balaban J connectivity index is 2.83. The minimum absolute atomic E-state index is 0.263. The van der Waals surface area contributed by atoms with Gasteiger partial charge in [0, 0.05) is 0 Å². The predicted octanol–water partition coefficient (Wildman–Crippen LogP) is 2.02. The molecular formula is C3H8P2. The highest BCUT2D eigenvalue weighted by atomic mass is 32.0. The molecule has 0 atom stereocenters. The lowest BCUT2D eigenvalue weighted by Gasteiger charge is -1.84. The fourth-order valence-electron chi connectivity index (χ4n) is 0. The zero-order valence-corrected chi connectivity index (χ0v) is 5.39. The van der Waals surface area contributed by atoms with Crippen LogP contribution in [0.2, 0.25) is 0 Å². The molecule has 0 fully saturated rings. The van der Waals surface area contributed by atoms with Crippen molar-refractivity contribution in [3.63, 3.8) is 0 Å². The maximum Gasteiger partial charge on any atom is -0.0370 e. The molecule has 0 rings (SSSR count). The summed E-state index contributed by atoms with van der Waals surface area (Å²) in [5.41, 5.74) is 0. The van der Waals surface area contributed by atoms with Gasteiger partial charge in [-0.15, -0.1) is 0 Å². The SMILES string of the molecule is C=PP(C)C. The second-order valence-corrected chi connectivity index (χ2v) is 6.21. The van der Waals surface area contributed by atoms with Crippen LogP contribution in [-0.4, -0.2) is 19.6 Å². The summed E-state index contributed by atoms with van der Waals surface area (Å²) in [4.78, 5) is 0. The molecule has 0 bridgehead atoms. The maximum atomic E-state index is 3.69. The van der Waals surface area contributed by atoms with Gasteiger partial charge in [0.2, 0.25) is 0 Å². The molecular weight excluding hydrogens is 98.0 g/mol. The van der Waals surface area contributed by atoms with Gasteiger partial charge in [0.1, 0.15) is 0 Å². The van der Waals surface area contributed by atoms with E-state index in [9.17, 15) is 0 Å². The Bertz CT molecular complexity index is 31.9. The van der Waals surface area contributed by atoms with Gasteiger partial charge in [0.05, 0.1) is 0 Å². The van der Waals surface area contributed by atoms with Crippen LogP contribution in [0, 0.1) is 0 Å². The molecule has 0 unspecified atom stereocenters. The monoisotopic (exact) mass is 106 g/mol. The first-order chi connectivity index (χ1) is 2.27. The van der Waals surface area contributed by atoms with Crippen LogP contribution < -0.4 is 0 Å². The first kappa shape index (κ1) is 5.60. The van der Waals surface area contributed by atoms with Gasteiger partial charge in [0.15, 0.2) is 0 Å². The van der Waals surface area contributed by atoms with Gasteiger partial charge in [-0.05, 0) is 13.3 Å². The zero-order chi connectivity index (χ0) is 4.28. The van der Waals surface area contributed by atoms with Crippen molar-refractivity contribution >= 4 is 21.8 Å². The summed E-state index contributed by atoms with van der Waals surface area (Å²) >= 11 is 0. The van der Waals surface area contributed by atoms with Crippen LogP contribution in [0.3, 0.4) is 0 Å². The Labute approximate surface area is 36.0 Å². The molecule has 0 aromatic carbocycles. The molecule has 0 aromatic heterocycles. The van der Waals surface area contributed by atoms with E-state index in [4.69, 9.17) is 0 Å². The van der Waals surface area contributed by atoms with Crippen molar-refractivity contribution in [2.24, 2.45) is 0 Å². The van der Waals surface area contributed by atoms with Crippen LogP contribution in [0.25, 0.3) is 0 Å². The van der Waals surface area contributed by atoms with Crippen molar-refractivity contribution in [2.75, 3.05) is 13.3 Å². The van der Waals surface area contributed by atoms with Crippen molar-refractivity contribution in [1.29, 1.82) is 0 Å². The van der Waals surface area contributed by atoms with Gasteiger partial charge >= 0.3 is 0 Å². The van der Waals surface area contributed by atoms with E-state index in [1.165, 1.54) is 7.89 Å². The standard InChI is InChI=1S/C3H8P2/c1-4-5(2)3/h1H2,2-3H3. The first-order valence-electron chi connectivity index (χ1n) is 1.41. The molecule has 0 N–H and O–H groups in total. The quantitative estimate of drug-likeness (QED) is 0.448. The minimum Gasteiger partial charge on any atom is -0.0845 e. The van der Waals surface area contributed by atoms with Gasteiger partial charge in [-0.3, -0.25) is 0 Å². The van der Waals surface area contributed by atoms with Crippen LogP contribution in [0.15, 0.2) is 0 Å². The third kappa shape index (κ3) is 4.60. The molecule has 0 aromatic rings. The molecule has 0 aliphatic carbocycles. The summed E-state index contributed by atoms with van der Waals surface area (Å²) in [7, 11) is 1.57. The fraction of sp³-hybridized carbons (Fsp3) is 0.667. The Morgan fingerprint density at radius 3 is 1.80 bits per heavy atom. The van der Waals surface area contributed by atoms with Gasteiger partial charge in [-0.1, -0.05) is 21.8 Å². The van der Waals surface area contributed by atoms with Crippen molar-refractivity contribution < 1.29 is 0 Å². The minimum atomic E-state index is 0.263. The van der Waals surface area contributed by atoms with E-state index in [2.05, 4.69) is 19.6 Å². The first-order valence-corrected chi connectivity index (χ1v) is 5.43. The van der Waals surface area contributed by atoms with Crippen molar-refractivity contribution in [3.05, 3.63) is 0 Å². The average Bonchev–Trinajstić information content (AvgIpc) is 1.38. The predicted molar refractivity (Wildman–Crippen MR) is 32.8 cm³/mol. The molecule has 2 heteroatoms. The molecule has 0 amide bonds. The smallest absolute Gasteiger partial charge is 0.0370 e. The summed E-state index contributed by atoms with van der Waals surface area (Å²) < 4.78 is 0. The van der Waals surface area contributed by atoms with Crippen LogP contribution in [0.4, 0.5) is 0 Å². The normalized spacial score (nSPS) is 10.2. The summed E-state index contributed by atoms with van der Waals surface area (Å²) in [6.45, 7) is 4.42. The van der Waals surface area contributed by atoms with Crippen molar-refractivity contribution in [1.82, 2.24) is 0 Å². The van der Waals surface area contributed by atoms with Gasteiger partial charge in [-0.25, -0.2) is 0 Å². The van der Waals surface area contributed by atoms with Gasteiger partial charge < -0.3 is 0 Å². The number of hydrogen-bond acceptors (Lipinski definition) is 0. The molecule has 0 aliphatic rings. The number of hydrogen-bond donors (Lipinski definition) is 0. The van der Waals surface area contributed by atoms with E-state index < -0.39 is 0 Å². The Morgan fingerprint density at radius 1 is 1.60 bits per heavy atom. The van der Waals surface area contributed by atoms with Crippen LogP contribution in [0.1, 0.15) is 0 Å². The van der Waals surface area contributed by atoms with Crippen molar-refractivity contribution in [3.8, 4) is 0 Å². The molecule has 0 aliphatic heterocycles. The zero-order valence-electron chi connectivity index (χ0n) is 3.60. The van der Waals surface area contributed by atoms with Gasteiger partial charge in [0.25, 0.3) is 0 Å². The van der Waals surface area contributed by atoms with E-state index >= 15 is 0 Å². The van der Waals surface area contributed by atoms with Crippen LogP contribution in [-0.2, 0) is 0 Å². The van der Waals surface area contributed by atoms with E-state index in [1.54, 1.807) is 0 Å². The largest absolute Gasteiger partial charge is 0.0845 e. The Morgan fingerprint density at radius 2 is 1.80 bits per heavy atom. The molecule has 5 heavy (non-hydrogen) atoms. The lowest BCUT2D eigenvalue weighted by molar-refractivity contribution is 2.30. The van der Waals surface area contributed by atoms with E-state index in [1.807, 2.05) is 0 Å². The highest BCUT2D eigenvalue weighted by Gasteiger charge is 1.73. The summed E-state index contributed by atoms with van der Waals surface area (Å²) in [6, 6.07) is 0. The molecule has 0 saturated carbocycles. The molecule has 0 heterocycles. The fourth-order valence-corrected chi connectivity index (χ4v) is 0. The summed E-state index contributed by atoms with van der Waals surface area (Å²) in [6.07, 6.45) is 3.69. The third-order valence-corrected chi connectivity index (χ3v) is 2.55. The number of rotatable bonds is 1.